The lowest BCUT2D eigenvalue weighted by atomic mass is 10.00. The van der Waals surface area contributed by atoms with Crippen LogP contribution >= 0.6 is 0 Å². The van der Waals surface area contributed by atoms with Crippen LogP contribution in [0.3, 0.4) is 0 Å². The Labute approximate surface area is 163 Å². The summed E-state index contributed by atoms with van der Waals surface area (Å²) >= 11 is 0. The fourth-order valence-corrected chi connectivity index (χ4v) is 3.48. The van der Waals surface area contributed by atoms with E-state index in [1.165, 1.54) is 77.8 Å². The number of aliphatic imine (C=N–C) groups is 1. The van der Waals surface area contributed by atoms with Gasteiger partial charge in [0, 0.05) is 45.8 Å². The van der Waals surface area contributed by atoms with E-state index in [-0.39, 0.29) is 0 Å². The topological polar surface area (TPSA) is 42.9 Å². The van der Waals surface area contributed by atoms with Gasteiger partial charge in [0.1, 0.15) is 0 Å². The molecule has 1 fully saturated rings. The average molecular weight is 368 g/mol. The fourth-order valence-electron chi connectivity index (χ4n) is 3.48. The predicted octanol–water partition coefficient (Wildman–Crippen LogP) is 3.18. The van der Waals surface area contributed by atoms with E-state index in [1.807, 2.05) is 0 Å². The Morgan fingerprint density at radius 3 is 2.27 bits per heavy atom. The quantitative estimate of drug-likeness (QED) is 0.298. The van der Waals surface area contributed by atoms with Gasteiger partial charge >= 0.3 is 0 Å². The molecule has 5 nitrogen and oxygen atoms in total. The average Bonchev–Trinajstić information content (AvgIpc) is 2.68. The molecule has 1 aliphatic heterocycles. The number of guanidine groups is 1. The van der Waals surface area contributed by atoms with Gasteiger partial charge in [-0.1, -0.05) is 40.0 Å². The summed E-state index contributed by atoms with van der Waals surface area (Å²) in [7, 11) is 0. The Balaban J connectivity index is 2.19. The molecule has 0 aromatic heterocycles. The van der Waals surface area contributed by atoms with Crippen molar-refractivity contribution in [3.8, 4) is 0 Å². The molecule has 0 aromatic rings. The molecule has 1 saturated heterocycles. The van der Waals surface area contributed by atoms with Gasteiger partial charge in [-0.25, -0.2) is 0 Å². The number of unbranched alkanes of at least 4 members (excludes halogenated alkanes) is 2. The number of rotatable bonds is 13. The molecule has 0 spiro atoms. The summed E-state index contributed by atoms with van der Waals surface area (Å²) in [4.78, 5) is 9.98. The highest BCUT2D eigenvalue weighted by Gasteiger charge is 2.14. The van der Waals surface area contributed by atoms with Crippen molar-refractivity contribution < 1.29 is 0 Å². The van der Waals surface area contributed by atoms with Crippen molar-refractivity contribution in [2.45, 2.75) is 66.2 Å². The van der Waals surface area contributed by atoms with Crippen LogP contribution in [0.1, 0.15) is 66.2 Å². The number of nitrogens with one attached hydrogen (secondary N) is 2. The molecule has 0 radical (unpaired) electrons. The zero-order valence-corrected chi connectivity index (χ0v) is 18.0. The van der Waals surface area contributed by atoms with E-state index in [1.54, 1.807) is 0 Å². The third-order valence-corrected chi connectivity index (χ3v) is 5.50. The maximum atomic E-state index is 4.82. The van der Waals surface area contributed by atoms with Crippen LogP contribution in [0, 0.1) is 5.92 Å². The molecular weight excluding hydrogens is 322 g/mol. The van der Waals surface area contributed by atoms with Crippen molar-refractivity contribution in [3.63, 3.8) is 0 Å². The molecule has 1 unspecified atom stereocenters. The molecule has 2 N–H and O–H groups in total. The van der Waals surface area contributed by atoms with Crippen molar-refractivity contribution in [1.82, 2.24) is 20.4 Å². The van der Waals surface area contributed by atoms with Crippen LogP contribution < -0.4 is 10.6 Å². The predicted molar refractivity (Wildman–Crippen MR) is 115 cm³/mol. The minimum Gasteiger partial charge on any atom is -0.357 e. The number of nitrogens with zero attached hydrogens (tertiary/aromatic N) is 3. The molecule has 1 atom stereocenters. The lowest BCUT2D eigenvalue weighted by Gasteiger charge is -2.34. The van der Waals surface area contributed by atoms with E-state index in [2.05, 4.69) is 48.1 Å². The van der Waals surface area contributed by atoms with Crippen molar-refractivity contribution in [2.24, 2.45) is 10.9 Å². The van der Waals surface area contributed by atoms with Gasteiger partial charge in [0.05, 0.1) is 0 Å². The monoisotopic (exact) mass is 367 g/mol. The Hall–Kier alpha value is -0.810. The van der Waals surface area contributed by atoms with E-state index in [0.717, 1.165) is 31.5 Å². The first-order chi connectivity index (χ1) is 12.7. The lowest BCUT2D eigenvalue weighted by molar-refractivity contribution is 0.136. The smallest absolute Gasteiger partial charge is 0.191 e. The van der Waals surface area contributed by atoms with Crippen molar-refractivity contribution in [3.05, 3.63) is 0 Å². The highest BCUT2D eigenvalue weighted by Crippen LogP contribution is 2.12. The summed E-state index contributed by atoms with van der Waals surface area (Å²) in [5.74, 6) is 1.73. The minimum atomic E-state index is 0.729. The molecule has 0 aliphatic carbocycles. The number of hydrogen-bond donors (Lipinski definition) is 2. The van der Waals surface area contributed by atoms with Crippen LogP contribution in [-0.2, 0) is 0 Å². The SMILES string of the molecule is CCCCC(CC)CN=C(NCC)NCCCCN1CCN(CC)CC1. The maximum Gasteiger partial charge on any atom is 0.191 e. The highest BCUT2D eigenvalue weighted by molar-refractivity contribution is 5.79. The standard InChI is InChI=1S/C21H45N5/c1-5-9-12-20(6-2)19-24-21(22-7-3)23-13-10-11-14-26-17-15-25(8-4)16-18-26/h20H,5-19H2,1-4H3,(H2,22,23,24). The van der Waals surface area contributed by atoms with Crippen LogP contribution in [-0.4, -0.2) is 74.7 Å². The molecule has 5 heteroatoms. The molecule has 0 saturated carbocycles. The summed E-state index contributed by atoms with van der Waals surface area (Å²) in [6.45, 7) is 19.2. The molecule has 26 heavy (non-hydrogen) atoms. The van der Waals surface area contributed by atoms with Crippen LogP contribution in [0.25, 0.3) is 0 Å². The van der Waals surface area contributed by atoms with Gasteiger partial charge in [0.2, 0.25) is 0 Å². The maximum absolute atomic E-state index is 4.82. The van der Waals surface area contributed by atoms with Crippen LogP contribution in [0.2, 0.25) is 0 Å². The first-order valence-corrected chi connectivity index (χ1v) is 11.2. The van der Waals surface area contributed by atoms with Gasteiger partial charge in [0.25, 0.3) is 0 Å². The minimum absolute atomic E-state index is 0.729. The van der Waals surface area contributed by atoms with Gasteiger partial charge in [-0.05, 0) is 45.2 Å². The number of likely N-dealkylation sites (N-methyl/N-ethyl adjacent to an activating group) is 1. The third-order valence-electron chi connectivity index (χ3n) is 5.50. The van der Waals surface area contributed by atoms with Crippen molar-refractivity contribution in [1.29, 1.82) is 0 Å². The van der Waals surface area contributed by atoms with Gasteiger partial charge < -0.3 is 20.4 Å². The van der Waals surface area contributed by atoms with Gasteiger partial charge in [-0.15, -0.1) is 0 Å². The van der Waals surface area contributed by atoms with Gasteiger partial charge in [-0.2, -0.15) is 0 Å². The first kappa shape index (κ1) is 23.2. The Morgan fingerprint density at radius 1 is 0.923 bits per heavy atom. The summed E-state index contributed by atoms with van der Waals surface area (Å²) in [6.07, 6.45) is 7.63. The summed E-state index contributed by atoms with van der Waals surface area (Å²) in [6, 6.07) is 0. The number of hydrogen-bond acceptors (Lipinski definition) is 3. The lowest BCUT2D eigenvalue weighted by Crippen LogP contribution is -2.46. The van der Waals surface area contributed by atoms with Crippen LogP contribution in [0.15, 0.2) is 4.99 Å². The van der Waals surface area contributed by atoms with Gasteiger partial charge in [0.15, 0.2) is 5.96 Å². The summed E-state index contributed by atoms with van der Waals surface area (Å²) in [5, 5.41) is 6.91. The summed E-state index contributed by atoms with van der Waals surface area (Å²) in [5.41, 5.74) is 0. The highest BCUT2D eigenvalue weighted by atomic mass is 15.3. The van der Waals surface area contributed by atoms with E-state index < -0.39 is 0 Å². The van der Waals surface area contributed by atoms with Crippen LogP contribution in [0.5, 0.6) is 0 Å². The van der Waals surface area contributed by atoms with E-state index in [4.69, 9.17) is 4.99 Å². The van der Waals surface area contributed by atoms with Crippen molar-refractivity contribution in [2.75, 3.05) is 58.9 Å². The molecule has 0 aromatic carbocycles. The molecule has 154 valence electrons. The third kappa shape index (κ3) is 10.4. The largest absolute Gasteiger partial charge is 0.357 e. The zero-order valence-electron chi connectivity index (χ0n) is 18.0. The molecular formula is C21H45N5. The fraction of sp³-hybridized carbons (Fsp3) is 0.952. The van der Waals surface area contributed by atoms with Gasteiger partial charge in [-0.3, -0.25) is 4.99 Å². The normalized spacial score (nSPS) is 18.1. The molecule has 1 rings (SSSR count). The molecule has 0 amide bonds. The summed E-state index contributed by atoms with van der Waals surface area (Å²) < 4.78 is 0. The van der Waals surface area contributed by atoms with E-state index in [9.17, 15) is 0 Å². The van der Waals surface area contributed by atoms with Crippen LogP contribution in [0.4, 0.5) is 0 Å². The van der Waals surface area contributed by atoms with Crippen molar-refractivity contribution >= 4 is 5.96 Å². The molecule has 1 aliphatic rings. The molecule has 1 heterocycles. The first-order valence-electron chi connectivity index (χ1n) is 11.2. The second-order valence-corrected chi connectivity index (χ2v) is 7.55. The molecule has 0 bridgehead atoms. The Morgan fingerprint density at radius 2 is 1.65 bits per heavy atom. The second kappa shape index (κ2) is 15.3. The number of piperazine rings is 1. The van der Waals surface area contributed by atoms with E-state index in [0.29, 0.717) is 0 Å². The Kier molecular flexibility index (Phi) is 13.6. The van der Waals surface area contributed by atoms with E-state index >= 15 is 0 Å². The second-order valence-electron chi connectivity index (χ2n) is 7.55. The Bertz CT molecular complexity index is 350. The zero-order chi connectivity index (χ0) is 19.0.